The normalized spacial score (nSPS) is 23.8. The van der Waals surface area contributed by atoms with Gasteiger partial charge in [-0.2, -0.15) is 13.2 Å². The summed E-state index contributed by atoms with van der Waals surface area (Å²) in [5, 5.41) is 7.12. The second kappa shape index (κ2) is 10.2. The summed E-state index contributed by atoms with van der Waals surface area (Å²) in [6.45, 7) is 7.54. The number of carboxylic acid groups (broad SMARTS) is 1. The number of alkyl halides is 3. The molecule has 0 aliphatic carbocycles. The van der Waals surface area contributed by atoms with Gasteiger partial charge in [-0.25, -0.2) is 9.78 Å². The molecule has 1 aromatic rings. The summed E-state index contributed by atoms with van der Waals surface area (Å²) < 4.78 is 43.5. The van der Waals surface area contributed by atoms with Crippen LogP contribution in [0.1, 0.15) is 42.4 Å². The Labute approximate surface area is 173 Å². The Bertz CT molecular complexity index is 743. The number of hydrogen-bond acceptors (Lipinski definition) is 5. The first-order chi connectivity index (χ1) is 14.1. The van der Waals surface area contributed by atoms with Crippen LogP contribution in [0.5, 0.6) is 0 Å². The molecule has 2 aliphatic rings. The van der Waals surface area contributed by atoms with E-state index in [4.69, 9.17) is 19.4 Å². The van der Waals surface area contributed by atoms with Crippen LogP contribution >= 0.6 is 0 Å². The van der Waals surface area contributed by atoms with Gasteiger partial charge in [0.1, 0.15) is 5.69 Å². The van der Waals surface area contributed by atoms with Crippen LogP contribution in [0, 0.1) is 12.3 Å². The molecule has 0 aromatic carbocycles. The van der Waals surface area contributed by atoms with Crippen LogP contribution in [0.4, 0.5) is 13.2 Å². The van der Waals surface area contributed by atoms with Crippen molar-refractivity contribution < 1.29 is 37.3 Å². The summed E-state index contributed by atoms with van der Waals surface area (Å²) in [5.41, 5.74) is 1.34. The molecule has 2 saturated heterocycles. The average molecular weight is 432 g/mol. The van der Waals surface area contributed by atoms with Crippen molar-refractivity contribution in [1.29, 1.82) is 0 Å². The first-order valence-corrected chi connectivity index (χ1v) is 9.81. The Kier molecular flexibility index (Phi) is 8.19. The van der Waals surface area contributed by atoms with E-state index in [0.29, 0.717) is 25.5 Å². The number of fused-ring (bicyclic) bond motifs is 1. The SMILES string of the molecule is CCOCC12CCCOC1CCN(C(=O)c1cccc(C)n1)C2.O=C(O)C(F)(F)F. The third-order valence-electron chi connectivity index (χ3n) is 5.22. The van der Waals surface area contributed by atoms with Crippen LogP contribution in [-0.2, 0) is 14.3 Å². The van der Waals surface area contributed by atoms with Crippen molar-refractivity contribution in [1.82, 2.24) is 9.88 Å². The number of amides is 1. The fourth-order valence-electron chi connectivity index (χ4n) is 3.80. The summed E-state index contributed by atoms with van der Waals surface area (Å²) >= 11 is 0. The number of hydrogen-bond donors (Lipinski definition) is 1. The zero-order valence-corrected chi connectivity index (χ0v) is 17.1. The molecule has 0 radical (unpaired) electrons. The van der Waals surface area contributed by atoms with Gasteiger partial charge in [0.15, 0.2) is 0 Å². The highest BCUT2D eigenvalue weighted by molar-refractivity contribution is 5.92. The number of pyridine rings is 1. The van der Waals surface area contributed by atoms with Crippen LogP contribution < -0.4 is 0 Å². The molecular weight excluding hydrogens is 405 g/mol. The van der Waals surface area contributed by atoms with E-state index in [1.54, 1.807) is 6.07 Å². The molecule has 3 heterocycles. The highest BCUT2D eigenvalue weighted by Crippen LogP contribution is 2.40. The number of carbonyl (C=O) groups excluding carboxylic acids is 1. The van der Waals surface area contributed by atoms with Gasteiger partial charge in [-0.05, 0) is 45.2 Å². The fourth-order valence-corrected chi connectivity index (χ4v) is 3.80. The van der Waals surface area contributed by atoms with Crippen molar-refractivity contribution in [3.63, 3.8) is 0 Å². The van der Waals surface area contributed by atoms with Crippen LogP contribution in [-0.4, -0.2) is 72.1 Å². The number of ether oxygens (including phenoxy) is 2. The summed E-state index contributed by atoms with van der Waals surface area (Å²) in [7, 11) is 0. The number of carboxylic acids is 1. The van der Waals surface area contributed by atoms with Gasteiger partial charge >= 0.3 is 12.1 Å². The molecule has 3 rings (SSSR count). The van der Waals surface area contributed by atoms with E-state index in [1.165, 1.54) is 0 Å². The lowest BCUT2D eigenvalue weighted by atomic mass is 9.73. The fraction of sp³-hybridized carbons (Fsp3) is 0.650. The van der Waals surface area contributed by atoms with Gasteiger partial charge in [0.25, 0.3) is 5.91 Å². The maximum atomic E-state index is 12.8. The van der Waals surface area contributed by atoms with Crippen molar-refractivity contribution in [2.45, 2.75) is 45.4 Å². The molecule has 168 valence electrons. The van der Waals surface area contributed by atoms with Crippen LogP contribution in [0.3, 0.4) is 0 Å². The summed E-state index contributed by atoms with van der Waals surface area (Å²) in [6, 6.07) is 5.60. The number of rotatable bonds is 4. The number of halogens is 3. The number of aryl methyl sites for hydroxylation is 1. The smallest absolute Gasteiger partial charge is 0.475 e. The molecular formula is C20H27F3N2O5. The zero-order valence-electron chi connectivity index (χ0n) is 17.1. The number of aromatic nitrogens is 1. The van der Waals surface area contributed by atoms with Gasteiger partial charge in [-0.3, -0.25) is 4.79 Å². The predicted molar refractivity (Wildman–Crippen MR) is 101 cm³/mol. The second-order valence-corrected chi connectivity index (χ2v) is 7.44. The van der Waals surface area contributed by atoms with Crippen molar-refractivity contribution >= 4 is 11.9 Å². The Hall–Kier alpha value is -2.20. The molecule has 30 heavy (non-hydrogen) atoms. The summed E-state index contributed by atoms with van der Waals surface area (Å²) in [5.74, 6) is -2.74. The molecule has 0 saturated carbocycles. The molecule has 0 bridgehead atoms. The first kappa shape index (κ1) is 24.1. The Morgan fingerprint density at radius 2 is 2.10 bits per heavy atom. The molecule has 1 amide bonds. The van der Waals surface area contributed by atoms with Crippen LogP contribution in [0.25, 0.3) is 0 Å². The van der Waals surface area contributed by atoms with E-state index < -0.39 is 12.1 Å². The van der Waals surface area contributed by atoms with Gasteiger partial charge in [0.05, 0.1) is 12.7 Å². The van der Waals surface area contributed by atoms with Crippen LogP contribution in [0.15, 0.2) is 18.2 Å². The monoisotopic (exact) mass is 432 g/mol. The highest BCUT2D eigenvalue weighted by atomic mass is 19.4. The van der Waals surface area contributed by atoms with Crippen LogP contribution in [0.2, 0.25) is 0 Å². The van der Waals surface area contributed by atoms with Gasteiger partial charge in [-0.15, -0.1) is 0 Å². The van der Waals surface area contributed by atoms with Crippen molar-refractivity contribution in [3.8, 4) is 0 Å². The van der Waals surface area contributed by atoms with Gasteiger partial charge in [0.2, 0.25) is 0 Å². The number of piperidine rings is 1. The summed E-state index contributed by atoms with van der Waals surface area (Å²) in [4.78, 5) is 28.0. The number of nitrogens with zero attached hydrogens (tertiary/aromatic N) is 2. The minimum absolute atomic E-state index is 0.0218. The van der Waals surface area contributed by atoms with Gasteiger partial charge in [0, 0.05) is 37.4 Å². The maximum Gasteiger partial charge on any atom is 0.490 e. The number of likely N-dealkylation sites (tertiary alicyclic amines) is 1. The van der Waals surface area contributed by atoms with Gasteiger partial charge < -0.3 is 19.5 Å². The lowest BCUT2D eigenvalue weighted by Gasteiger charge is -2.50. The minimum atomic E-state index is -5.08. The van der Waals surface area contributed by atoms with Crippen molar-refractivity contribution in [2.24, 2.45) is 5.41 Å². The quantitative estimate of drug-likeness (QED) is 0.787. The molecule has 1 N–H and O–H groups in total. The standard InChI is InChI=1S/C18H26N2O3.C2HF3O2/c1-3-22-13-18-9-5-11-23-16(18)8-10-20(12-18)17(21)15-7-4-6-14(2)19-15;3-2(4,5)1(6)7/h4,6-7,16H,3,5,8-13H2,1-2H3;(H,6,7). The average Bonchev–Trinajstić information content (AvgIpc) is 2.71. The summed E-state index contributed by atoms with van der Waals surface area (Å²) in [6.07, 6.45) is -1.90. The minimum Gasteiger partial charge on any atom is -0.475 e. The topological polar surface area (TPSA) is 89.0 Å². The van der Waals surface area contributed by atoms with E-state index in [9.17, 15) is 18.0 Å². The third-order valence-corrected chi connectivity index (χ3v) is 5.22. The molecule has 2 atom stereocenters. The van der Waals surface area contributed by atoms with E-state index in [-0.39, 0.29) is 17.4 Å². The van der Waals surface area contributed by atoms with E-state index in [0.717, 1.165) is 38.1 Å². The lowest BCUT2D eigenvalue weighted by Crippen LogP contribution is -2.58. The number of carbonyl (C=O) groups is 2. The first-order valence-electron chi connectivity index (χ1n) is 9.81. The van der Waals surface area contributed by atoms with Gasteiger partial charge in [-0.1, -0.05) is 6.07 Å². The highest BCUT2D eigenvalue weighted by Gasteiger charge is 2.47. The molecule has 1 aromatic heterocycles. The Balaban J connectivity index is 0.000000396. The van der Waals surface area contributed by atoms with Crippen molar-refractivity contribution in [3.05, 3.63) is 29.6 Å². The van der Waals surface area contributed by atoms with E-state index in [1.807, 2.05) is 30.9 Å². The Morgan fingerprint density at radius 1 is 1.40 bits per heavy atom. The molecule has 2 aliphatic heterocycles. The molecule has 10 heteroatoms. The van der Waals surface area contributed by atoms with E-state index >= 15 is 0 Å². The maximum absolute atomic E-state index is 12.8. The third kappa shape index (κ3) is 6.15. The predicted octanol–water partition coefficient (Wildman–Crippen LogP) is 3.07. The van der Waals surface area contributed by atoms with E-state index in [2.05, 4.69) is 4.98 Å². The zero-order chi connectivity index (χ0) is 22.4. The number of aliphatic carboxylic acids is 1. The molecule has 7 nitrogen and oxygen atoms in total. The van der Waals surface area contributed by atoms with Crippen molar-refractivity contribution in [2.75, 3.05) is 32.9 Å². The molecule has 0 spiro atoms. The Morgan fingerprint density at radius 3 is 2.70 bits per heavy atom. The second-order valence-electron chi connectivity index (χ2n) is 7.44. The molecule has 2 unspecified atom stereocenters. The lowest BCUT2D eigenvalue weighted by molar-refractivity contribution is -0.192. The molecule has 2 fully saturated rings. The largest absolute Gasteiger partial charge is 0.490 e.